The highest BCUT2D eigenvalue weighted by atomic mass is 16.5. The van der Waals surface area contributed by atoms with E-state index in [0.29, 0.717) is 11.8 Å². The summed E-state index contributed by atoms with van der Waals surface area (Å²) in [5.41, 5.74) is 0. The molecular weight excluding hydrogens is 188 g/mol. The van der Waals surface area contributed by atoms with Gasteiger partial charge in [-0.1, -0.05) is 40.5 Å². The zero-order valence-corrected chi connectivity index (χ0v) is 10.6. The lowest BCUT2D eigenvalue weighted by Crippen LogP contribution is -2.36. The molecule has 0 saturated heterocycles. The molecular formula is C12H23N2O+. The molecule has 15 heavy (non-hydrogen) atoms. The summed E-state index contributed by atoms with van der Waals surface area (Å²) in [6, 6.07) is 0. The summed E-state index contributed by atoms with van der Waals surface area (Å²) >= 11 is 0. The quantitative estimate of drug-likeness (QED) is 0.701. The van der Waals surface area contributed by atoms with Crippen LogP contribution in [0.25, 0.3) is 0 Å². The fraction of sp³-hybridized carbons (Fsp3) is 0.833. The third-order valence-corrected chi connectivity index (χ3v) is 2.84. The van der Waals surface area contributed by atoms with E-state index in [1.807, 2.05) is 7.05 Å². The highest BCUT2D eigenvalue weighted by Gasteiger charge is 2.27. The molecule has 0 bridgehead atoms. The van der Waals surface area contributed by atoms with E-state index >= 15 is 0 Å². The first-order chi connectivity index (χ1) is 7.07. The molecule has 86 valence electrons. The number of unbranched alkanes of at least 4 members (excludes halogenated alkanes) is 1. The number of nitrogens with zero attached hydrogens (tertiary/aromatic N) is 2. The van der Waals surface area contributed by atoms with Crippen LogP contribution in [0.2, 0.25) is 0 Å². The van der Waals surface area contributed by atoms with Crippen molar-refractivity contribution in [2.24, 2.45) is 7.05 Å². The zero-order chi connectivity index (χ0) is 11.4. The topological polar surface area (TPSA) is 29.9 Å². The van der Waals surface area contributed by atoms with Gasteiger partial charge in [0.15, 0.2) is 5.16 Å². The highest BCUT2D eigenvalue weighted by Crippen LogP contribution is 2.19. The minimum atomic E-state index is 0.422. The molecule has 0 aliphatic carbocycles. The van der Waals surface area contributed by atoms with E-state index in [1.165, 1.54) is 19.3 Å². The molecule has 3 nitrogen and oxygen atoms in total. The van der Waals surface area contributed by atoms with Crippen molar-refractivity contribution >= 4 is 0 Å². The van der Waals surface area contributed by atoms with E-state index in [9.17, 15) is 0 Å². The van der Waals surface area contributed by atoms with Gasteiger partial charge in [0.1, 0.15) is 0 Å². The highest BCUT2D eigenvalue weighted by molar-refractivity contribution is 4.85. The average molecular weight is 211 g/mol. The van der Waals surface area contributed by atoms with Crippen molar-refractivity contribution in [2.75, 3.05) is 0 Å². The minimum Gasteiger partial charge on any atom is -0.218 e. The van der Waals surface area contributed by atoms with Crippen LogP contribution in [0.5, 0.6) is 0 Å². The van der Waals surface area contributed by atoms with Crippen LogP contribution in [0.3, 0.4) is 0 Å². The van der Waals surface area contributed by atoms with Gasteiger partial charge < -0.3 is 0 Å². The lowest BCUT2D eigenvalue weighted by Gasteiger charge is -2.04. The van der Waals surface area contributed by atoms with E-state index < -0.39 is 0 Å². The smallest absolute Gasteiger partial charge is 0.218 e. The van der Waals surface area contributed by atoms with Crippen molar-refractivity contribution in [2.45, 2.75) is 58.8 Å². The Bertz CT molecular complexity index is 305. The van der Waals surface area contributed by atoms with Gasteiger partial charge in [-0.05, 0) is 6.42 Å². The molecule has 0 spiro atoms. The van der Waals surface area contributed by atoms with Gasteiger partial charge in [0.2, 0.25) is 0 Å². The Morgan fingerprint density at radius 3 is 2.47 bits per heavy atom. The molecule has 0 radical (unpaired) electrons. The maximum atomic E-state index is 5.43. The van der Waals surface area contributed by atoms with Crippen molar-refractivity contribution in [3.05, 3.63) is 11.7 Å². The predicted octanol–water partition coefficient (Wildman–Crippen LogP) is 2.92. The van der Waals surface area contributed by atoms with Gasteiger partial charge in [-0.2, -0.15) is 4.57 Å². The first-order valence-electron chi connectivity index (χ1n) is 5.93. The molecule has 0 amide bonds. The Morgan fingerprint density at radius 2 is 2.00 bits per heavy atom. The molecule has 1 rings (SSSR count). The third-order valence-electron chi connectivity index (χ3n) is 2.84. The molecule has 0 fully saturated rings. The van der Waals surface area contributed by atoms with Gasteiger partial charge in [0, 0.05) is 0 Å². The molecule has 1 heterocycles. The van der Waals surface area contributed by atoms with Gasteiger partial charge in [0.05, 0.1) is 18.9 Å². The maximum Gasteiger partial charge on any atom is 0.351 e. The molecule has 3 heteroatoms. The predicted molar refractivity (Wildman–Crippen MR) is 59.7 cm³/mol. The standard InChI is InChI=1S/C12H23N2O/c1-6-7-8-10(4)12-14(5)11(9(2)3)13-15-12/h9-10H,6-8H2,1-5H3/q+1. The summed E-state index contributed by atoms with van der Waals surface area (Å²) < 4.78 is 7.53. The van der Waals surface area contributed by atoms with Gasteiger partial charge in [0.25, 0.3) is 0 Å². The summed E-state index contributed by atoms with van der Waals surface area (Å²) in [5, 5.41) is 4.13. The number of hydrogen-bond acceptors (Lipinski definition) is 2. The van der Waals surface area contributed by atoms with Gasteiger partial charge in [-0.25, -0.2) is 4.52 Å². The normalized spacial score (nSPS) is 13.5. The van der Waals surface area contributed by atoms with Gasteiger partial charge in [-0.3, -0.25) is 0 Å². The first-order valence-corrected chi connectivity index (χ1v) is 5.93. The Hall–Kier alpha value is -0.860. The molecule has 1 aromatic rings. The number of aromatic nitrogens is 2. The minimum absolute atomic E-state index is 0.422. The Morgan fingerprint density at radius 1 is 1.33 bits per heavy atom. The van der Waals surface area contributed by atoms with Crippen molar-refractivity contribution in [3.8, 4) is 0 Å². The Labute approximate surface area is 92.5 Å². The molecule has 0 aliphatic heterocycles. The van der Waals surface area contributed by atoms with Crippen LogP contribution in [-0.4, -0.2) is 5.16 Å². The van der Waals surface area contributed by atoms with Crippen LogP contribution in [0.4, 0.5) is 0 Å². The lowest BCUT2D eigenvalue weighted by molar-refractivity contribution is -0.693. The van der Waals surface area contributed by atoms with Crippen LogP contribution in [0.1, 0.15) is 70.5 Å². The largest absolute Gasteiger partial charge is 0.351 e. The fourth-order valence-electron chi connectivity index (χ4n) is 1.88. The summed E-state index contributed by atoms with van der Waals surface area (Å²) in [6.45, 7) is 8.70. The van der Waals surface area contributed by atoms with Crippen molar-refractivity contribution in [1.29, 1.82) is 0 Å². The van der Waals surface area contributed by atoms with Crippen molar-refractivity contribution in [1.82, 2.24) is 5.16 Å². The monoisotopic (exact) mass is 211 g/mol. The fourth-order valence-corrected chi connectivity index (χ4v) is 1.88. The molecule has 1 aromatic heterocycles. The molecule has 0 saturated carbocycles. The van der Waals surface area contributed by atoms with E-state index in [2.05, 4.69) is 37.4 Å². The molecule has 0 aliphatic rings. The van der Waals surface area contributed by atoms with E-state index in [-0.39, 0.29) is 0 Å². The van der Waals surface area contributed by atoms with Gasteiger partial charge in [-0.15, -0.1) is 0 Å². The summed E-state index contributed by atoms with van der Waals surface area (Å²) in [5.74, 6) is 2.93. The van der Waals surface area contributed by atoms with E-state index in [0.717, 1.165) is 11.7 Å². The maximum absolute atomic E-state index is 5.43. The van der Waals surface area contributed by atoms with Crippen LogP contribution in [0.15, 0.2) is 4.52 Å². The zero-order valence-electron chi connectivity index (χ0n) is 10.6. The first kappa shape index (κ1) is 12.2. The summed E-state index contributed by atoms with van der Waals surface area (Å²) in [7, 11) is 2.05. The van der Waals surface area contributed by atoms with Crippen LogP contribution in [-0.2, 0) is 7.05 Å². The SMILES string of the molecule is CCCCC(C)c1onc(C(C)C)[n+]1C. The number of hydrogen-bond donors (Lipinski definition) is 0. The van der Waals surface area contributed by atoms with Crippen LogP contribution >= 0.6 is 0 Å². The summed E-state index contributed by atoms with van der Waals surface area (Å²) in [6.07, 6.45) is 3.66. The van der Waals surface area contributed by atoms with Crippen molar-refractivity contribution in [3.63, 3.8) is 0 Å². The van der Waals surface area contributed by atoms with Crippen LogP contribution < -0.4 is 4.57 Å². The molecule has 0 aromatic carbocycles. The second-order valence-electron chi connectivity index (χ2n) is 4.64. The van der Waals surface area contributed by atoms with Crippen molar-refractivity contribution < 1.29 is 9.09 Å². The number of rotatable bonds is 5. The third kappa shape index (κ3) is 2.80. The molecule has 0 N–H and O–H groups in total. The van der Waals surface area contributed by atoms with E-state index in [4.69, 9.17) is 4.52 Å². The Kier molecular flexibility index (Phi) is 4.30. The summed E-state index contributed by atoms with van der Waals surface area (Å²) in [4.78, 5) is 0. The van der Waals surface area contributed by atoms with Gasteiger partial charge >= 0.3 is 11.7 Å². The van der Waals surface area contributed by atoms with E-state index in [1.54, 1.807) is 0 Å². The lowest BCUT2D eigenvalue weighted by atomic mass is 10.0. The molecule has 1 unspecified atom stereocenters. The van der Waals surface area contributed by atoms with Crippen LogP contribution in [0, 0.1) is 0 Å². The average Bonchev–Trinajstić information content (AvgIpc) is 2.56. The second kappa shape index (κ2) is 5.29. The second-order valence-corrected chi connectivity index (χ2v) is 4.64. The Balaban J connectivity index is 2.77. The molecule has 1 atom stereocenters.